The van der Waals surface area contributed by atoms with Crippen LogP contribution in [0.5, 0.6) is 0 Å². The lowest BCUT2D eigenvalue weighted by atomic mass is 10.0. The summed E-state index contributed by atoms with van der Waals surface area (Å²) in [7, 11) is -3.24. The molecule has 0 radical (unpaired) electrons. The Kier molecular flexibility index (Phi) is 3.68. The minimum absolute atomic E-state index is 0.103. The van der Waals surface area contributed by atoms with Gasteiger partial charge in [-0.05, 0) is 42.0 Å². The number of nitrogens with one attached hydrogen (secondary N) is 1. The van der Waals surface area contributed by atoms with Gasteiger partial charge >= 0.3 is 0 Å². The fourth-order valence-electron chi connectivity index (χ4n) is 2.39. The van der Waals surface area contributed by atoms with Crippen LogP contribution in [0.2, 0.25) is 0 Å². The van der Waals surface area contributed by atoms with Crippen molar-refractivity contribution in [2.45, 2.75) is 30.3 Å². The third-order valence-corrected chi connectivity index (χ3v) is 4.67. The zero-order chi connectivity index (χ0) is 14.9. The molecule has 0 saturated heterocycles. The molecule has 1 N–H and O–H groups in total. The lowest BCUT2D eigenvalue weighted by Crippen LogP contribution is -2.04. The van der Waals surface area contributed by atoms with E-state index in [1.807, 2.05) is 6.07 Å². The molecule has 3 rings (SSSR count). The molecule has 1 heterocycles. The van der Waals surface area contributed by atoms with Gasteiger partial charge in [0.15, 0.2) is 14.9 Å². The summed E-state index contributed by atoms with van der Waals surface area (Å²) < 4.78 is 22.7. The van der Waals surface area contributed by atoms with Gasteiger partial charge < -0.3 is 5.32 Å². The Bertz CT molecular complexity index is 735. The Labute approximate surface area is 125 Å². The summed E-state index contributed by atoms with van der Waals surface area (Å²) in [5.74, 6) is 0.716. The number of sulfone groups is 1. The van der Waals surface area contributed by atoms with Crippen LogP contribution >= 0.6 is 0 Å². The largest absolute Gasteiger partial charge is 0.380 e. The Morgan fingerprint density at radius 2 is 1.95 bits per heavy atom. The summed E-state index contributed by atoms with van der Waals surface area (Å²) in [4.78, 5) is 3.98. The number of anilines is 1. The van der Waals surface area contributed by atoms with Crippen molar-refractivity contribution in [1.82, 2.24) is 4.98 Å². The quantitative estimate of drug-likeness (QED) is 0.922. The van der Waals surface area contributed by atoms with Gasteiger partial charge in [0.2, 0.25) is 0 Å². The second-order valence-electron chi connectivity index (χ2n) is 5.48. The average Bonchev–Trinajstić information content (AvgIpc) is 3.29. The van der Waals surface area contributed by atoms with Crippen LogP contribution in [-0.2, 0) is 16.4 Å². The predicted molar refractivity (Wildman–Crippen MR) is 83.1 cm³/mol. The van der Waals surface area contributed by atoms with E-state index in [0.717, 1.165) is 18.5 Å². The van der Waals surface area contributed by atoms with Crippen LogP contribution in [0, 0.1) is 0 Å². The van der Waals surface area contributed by atoms with Gasteiger partial charge in [-0.3, -0.25) is 0 Å². The van der Waals surface area contributed by atoms with Gasteiger partial charge in [0.1, 0.15) is 0 Å². The van der Waals surface area contributed by atoms with Crippen molar-refractivity contribution in [3.8, 4) is 0 Å². The number of pyridine rings is 1. The van der Waals surface area contributed by atoms with Crippen LogP contribution in [0.25, 0.3) is 0 Å². The lowest BCUT2D eigenvalue weighted by molar-refractivity contribution is 0.598. The summed E-state index contributed by atoms with van der Waals surface area (Å²) >= 11 is 0. The van der Waals surface area contributed by atoms with E-state index in [-0.39, 0.29) is 5.03 Å². The Morgan fingerprint density at radius 1 is 1.19 bits per heavy atom. The summed E-state index contributed by atoms with van der Waals surface area (Å²) in [6.07, 6.45) is 5.29. The molecule has 0 aliphatic heterocycles. The molecule has 110 valence electrons. The molecule has 4 nitrogen and oxygen atoms in total. The fraction of sp³-hybridized carbons (Fsp3) is 0.312. The summed E-state index contributed by atoms with van der Waals surface area (Å²) in [6, 6.07) is 11.7. The van der Waals surface area contributed by atoms with Gasteiger partial charge in [-0.2, -0.15) is 0 Å². The molecule has 5 heteroatoms. The zero-order valence-electron chi connectivity index (χ0n) is 11.9. The summed E-state index contributed by atoms with van der Waals surface area (Å²) in [5.41, 5.74) is 3.55. The van der Waals surface area contributed by atoms with E-state index in [9.17, 15) is 8.42 Å². The molecule has 1 aromatic heterocycles. The minimum Gasteiger partial charge on any atom is -0.380 e. The van der Waals surface area contributed by atoms with Crippen molar-refractivity contribution >= 4 is 15.5 Å². The van der Waals surface area contributed by atoms with Gasteiger partial charge in [-0.15, -0.1) is 0 Å². The molecular weight excluding hydrogens is 284 g/mol. The number of hydrogen-bond acceptors (Lipinski definition) is 4. The molecule has 21 heavy (non-hydrogen) atoms. The molecule has 0 unspecified atom stereocenters. The fourth-order valence-corrected chi connectivity index (χ4v) is 2.95. The van der Waals surface area contributed by atoms with E-state index in [1.54, 1.807) is 12.3 Å². The van der Waals surface area contributed by atoms with Crippen molar-refractivity contribution in [3.63, 3.8) is 0 Å². The van der Waals surface area contributed by atoms with E-state index in [0.29, 0.717) is 5.92 Å². The van der Waals surface area contributed by atoms with Gasteiger partial charge in [-0.1, -0.05) is 24.3 Å². The first-order valence-corrected chi connectivity index (χ1v) is 8.91. The molecule has 0 amide bonds. The number of aromatic nitrogens is 1. The normalized spacial score (nSPS) is 14.9. The van der Waals surface area contributed by atoms with Crippen LogP contribution in [-0.4, -0.2) is 19.7 Å². The molecule has 0 atom stereocenters. The van der Waals surface area contributed by atoms with Crippen molar-refractivity contribution in [1.29, 1.82) is 0 Å². The Morgan fingerprint density at radius 3 is 2.57 bits per heavy atom. The smallest absolute Gasteiger partial charge is 0.192 e. The Hall–Kier alpha value is -1.88. The maximum Gasteiger partial charge on any atom is 0.192 e. The van der Waals surface area contributed by atoms with Gasteiger partial charge in [0.05, 0.1) is 11.9 Å². The topological polar surface area (TPSA) is 59.1 Å². The standard InChI is InChI=1S/C16H18N2O2S/c1-21(19,20)16-9-8-14(11-18-16)17-10-13-4-2-3-5-15(13)12-6-7-12/h2-5,8-9,11-12,17H,6-7,10H2,1H3. The van der Waals surface area contributed by atoms with Gasteiger partial charge in [0, 0.05) is 12.8 Å². The minimum atomic E-state index is -3.24. The summed E-state index contributed by atoms with van der Waals surface area (Å²) in [6.45, 7) is 0.729. The van der Waals surface area contributed by atoms with Crippen molar-refractivity contribution in [3.05, 3.63) is 53.7 Å². The van der Waals surface area contributed by atoms with E-state index < -0.39 is 9.84 Å². The highest BCUT2D eigenvalue weighted by Crippen LogP contribution is 2.41. The second kappa shape index (κ2) is 5.48. The molecule has 1 aliphatic carbocycles. The second-order valence-corrected chi connectivity index (χ2v) is 7.45. The average molecular weight is 302 g/mol. The molecule has 0 bridgehead atoms. The van der Waals surface area contributed by atoms with E-state index >= 15 is 0 Å². The van der Waals surface area contributed by atoms with Crippen LogP contribution in [0.1, 0.15) is 29.9 Å². The molecule has 1 fully saturated rings. The van der Waals surface area contributed by atoms with Crippen molar-refractivity contribution in [2.75, 3.05) is 11.6 Å². The maximum absolute atomic E-state index is 11.4. The van der Waals surface area contributed by atoms with E-state index in [1.165, 1.54) is 30.0 Å². The molecular formula is C16H18N2O2S. The van der Waals surface area contributed by atoms with E-state index in [4.69, 9.17) is 0 Å². The highest BCUT2D eigenvalue weighted by atomic mass is 32.2. The molecule has 0 spiro atoms. The van der Waals surface area contributed by atoms with E-state index in [2.05, 4.69) is 28.5 Å². The Balaban J connectivity index is 1.71. The molecule has 1 aliphatic rings. The zero-order valence-corrected chi connectivity index (χ0v) is 12.7. The predicted octanol–water partition coefficient (Wildman–Crippen LogP) is 2.97. The van der Waals surface area contributed by atoms with Gasteiger partial charge in [0.25, 0.3) is 0 Å². The number of nitrogens with zero attached hydrogens (tertiary/aromatic N) is 1. The third-order valence-electron chi connectivity index (χ3n) is 3.67. The first-order valence-electron chi connectivity index (χ1n) is 7.02. The van der Waals surface area contributed by atoms with Crippen LogP contribution < -0.4 is 5.32 Å². The SMILES string of the molecule is CS(=O)(=O)c1ccc(NCc2ccccc2C2CC2)cn1. The van der Waals surface area contributed by atoms with Crippen LogP contribution in [0.3, 0.4) is 0 Å². The van der Waals surface area contributed by atoms with Crippen molar-refractivity contribution in [2.24, 2.45) is 0 Å². The number of benzene rings is 1. The third kappa shape index (κ3) is 3.42. The molecule has 1 aromatic carbocycles. The van der Waals surface area contributed by atoms with Crippen LogP contribution in [0.15, 0.2) is 47.6 Å². The van der Waals surface area contributed by atoms with Crippen LogP contribution in [0.4, 0.5) is 5.69 Å². The monoisotopic (exact) mass is 302 g/mol. The highest BCUT2D eigenvalue weighted by Gasteiger charge is 2.25. The number of rotatable bonds is 5. The highest BCUT2D eigenvalue weighted by molar-refractivity contribution is 7.90. The van der Waals surface area contributed by atoms with Crippen molar-refractivity contribution < 1.29 is 8.42 Å². The lowest BCUT2D eigenvalue weighted by Gasteiger charge is -2.11. The maximum atomic E-state index is 11.4. The summed E-state index contributed by atoms with van der Waals surface area (Å²) in [5, 5.41) is 3.41. The number of hydrogen-bond donors (Lipinski definition) is 1. The molecule has 2 aromatic rings. The van der Waals surface area contributed by atoms with Gasteiger partial charge in [-0.25, -0.2) is 13.4 Å². The molecule has 1 saturated carbocycles. The first-order chi connectivity index (χ1) is 10.0. The first kappa shape index (κ1) is 14.1.